The van der Waals surface area contributed by atoms with Gasteiger partial charge in [0.2, 0.25) is 0 Å². The van der Waals surface area contributed by atoms with Gasteiger partial charge in [-0.25, -0.2) is 4.39 Å². The van der Waals surface area contributed by atoms with E-state index < -0.39 is 0 Å². The minimum Gasteiger partial charge on any atom is -0.378 e. The molecule has 1 heterocycles. The van der Waals surface area contributed by atoms with Crippen LogP contribution in [0.2, 0.25) is 0 Å². The Hall–Kier alpha value is -0.740. The molecule has 0 radical (unpaired) electrons. The average Bonchev–Trinajstić information content (AvgIpc) is 2.75. The molecule has 1 aromatic rings. The minimum atomic E-state index is -0.333. The summed E-state index contributed by atoms with van der Waals surface area (Å²) in [6, 6.07) is 4.78. The highest BCUT2D eigenvalue weighted by Gasteiger charge is 2.19. The van der Waals surface area contributed by atoms with Crippen LogP contribution in [0.15, 0.2) is 22.7 Å². The van der Waals surface area contributed by atoms with E-state index in [9.17, 15) is 9.18 Å². The molecule has 1 aliphatic rings. The van der Waals surface area contributed by atoms with Crippen LogP contribution in [0, 0.1) is 5.82 Å². The smallest absolute Gasteiger partial charge is 0.139 e. The summed E-state index contributed by atoms with van der Waals surface area (Å²) in [5, 5.41) is 0. The third-order valence-electron chi connectivity index (χ3n) is 2.88. The van der Waals surface area contributed by atoms with Gasteiger partial charge in [0.1, 0.15) is 11.6 Å². The average molecular weight is 301 g/mol. The van der Waals surface area contributed by atoms with Crippen LogP contribution in [0.4, 0.5) is 4.39 Å². The molecule has 1 fully saturated rings. The van der Waals surface area contributed by atoms with Crippen LogP contribution in [0.5, 0.6) is 0 Å². The lowest BCUT2D eigenvalue weighted by molar-refractivity contribution is -0.120. The van der Waals surface area contributed by atoms with Gasteiger partial charge >= 0.3 is 0 Å². The van der Waals surface area contributed by atoms with Gasteiger partial charge in [-0.2, -0.15) is 0 Å². The molecule has 0 bridgehead atoms. The topological polar surface area (TPSA) is 26.3 Å². The molecule has 17 heavy (non-hydrogen) atoms. The number of hydrogen-bond donors (Lipinski definition) is 0. The number of hydrogen-bond acceptors (Lipinski definition) is 2. The molecule has 2 nitrogen and oxygen atoms in total. The van der Waals surface area contributed by atoms with Crippen LogP contribution in [-0.4, -0.2) is 18.5 Å². The van der Waals surface area contributed by atoms with Gasteiger partial charge < -0.3 is 4.74 Å². The largest absolute Gasteiger partial charge is 0.378 e. The predicted molar refractivity (Wildman–Crippen MR) is 66.4 cm³/mol. The van der Waals surface area contributed by atoms with Crippen molar-refractivity contribution in [3.8, 4) is 0 Å². The van der Waals surface area contributed by atoms with Crippen LogP contribution in [0.1, 0.15) is 24.8 Å². The zero-order valence-electron chi connectivity index (χ0n) is 9.42. The standard InChI is InChI=1S/C13H14BrFO2/c14-10-4-3-9(13(15)7-10)6-11(16)8-12-2-1-5-17-12/h3-4,7,12H,1-2,5-6,8H2. The van der Waals surface area contributed by atoms with Gasteiger partial charge in [0.25, 0.3) is 0 Å². The zero-order chi connectivity index (χ0) is 12.3. The number of halogens is 2. The third kappa shape index (κ3) is 3.61. The molecule has 2 rings (SSSR count). The predicted octanol–water partition coefficient (Wildman–Crippen LogP) is 3.27. The number of carbonyl (C=O) groups is 1. The SMILES string of the molecule is O=C(Cc1ccc(Br)cc1F)CC1CCCO1. The van der Waals surface area contributed by atoms with Crippen molar-refractivity contribution in [1.82, 2.24) is 0 Å². The first-order valence-corrected chi connectivity index (χ1v) is 6.51. The fourth-order valence-corrected chi connectivity index (χ4v) is 2.34. The molecule has 0 saturated carbocycles. The summed E-state index contributed by atoms with van der Waals surface area (Å²) in [7, 11) is 0. The summed E-state index contributed by atoms with van der Waals surface area (Å²) in [4.78, 5) is 11.7. The summed E-state index contributed by atoms with van der Waals surface area (Å²) in [5.74, 6) is -0.293. The number of ether oxygens (including phenoxy) is 1. The summed E-state index contributed by atoms with van der Waals surface area (Å²) in [5.41, 5.74) is 0.455. The molecule has 1 aliphatic heterocycles. The Morgan fingerprint density at radius 3 is 3.00 bits per heavy atom. The highest BCUT2D eigenvalue weighted by atomic mass is 79.9. The second-order valence-corrected chi connectivity index (χ2v) is 5.21. The van der Waals surface area contributed by atoms with Crippen molar-refractivity contribution in [3.05, 3.63) is 34.1 Å². The highest BCUT2D eigenvalue weighted by molar-refractivity contribution is 9.10. The number of rotatable bonds is 4. The molecule has 0 N–H and O–H groups in total. The van der Waals surface area contributed by atoms with E-state index in [-0.39, 0.29) is 24.1 Å². The Morgan fingerprint density at radius 2 is 2.35 bits per heavy atom. The van der Waals surface area contributed by atoms with E-state index in [1.54, 1.807) is 12.1 Å². The third-order valence-corrected chi connectivity index (χ3v) is 3.38. The number of benzene rings is 1. The minimum absolute atomic E-state index is 0.0399. The van der Waals surface area contributed by atoms with E-state index in [1.807, 2.05) is 0 Å². The van der Waals surface area contributed by atoms with Crippen LogP contribution < -0.4 is 0 Å². The molecule has 1 aromatic carbocycles. The van der Waals surface area contributed by atoms with Gasteiger partial charge in [-0.1, -0.05) is 22.0 Å². The first kappa shape index (κ1) is 12.7. The van der Waals surface area contributed by atoms with Crippen LogP contribution >= 0.6 is 15.9 Å². The van der Waals surface area contributed by atoms with Crippen LogP contribution in [0.25, 0.3) is 0 Å². The molecule has 1 atom stereocenters. The summed E-state index contributed by atoms with van der Waals surface area (Å²) in [6.07, 6.45) is 2.55. The van der Waals surface area contributed by atoms with Crippen molar-refractivity contribution in [2.24, 2.45) is 0 Å². The zero-order valence-corrected chi connectivity index (χ0v) is 11.0. The molecule has 1 saturated heterocycles. The summed E-state index contributed by atoms with van der Waals surface area (Å²) < 4.78 is 19.6. The van der Waals surface area contributed by atoms with E-state index in [1.165, 1.54) is 6.07 Å². The van der Waals surface area contributed by atoms with Crippen molar-refractivity contribution >= 4 is 21.7 Å². The van der Waals surface area contributed by atoms with Crippen molar-refractivity contribution in [2.45, 2.75) is 31.8 Å². The van der Waals surface area contributed by atoms with Crippen molar-refractivity contribution in [3.63, 3.8) is 0 Å². The summed E-state index contributed by atoms with van der Waals surface area (Å²) >= 11 is 3.19. The van der Waals surface area contributed by atoms with E-state index in [2.05, 4.69) is 15.9 Å². The lowest BCUT2D eigenvalue weighted by Gasteiger charge is -2.08. The van der Waals surface area contributed by atoms with Crippen molar-refractivity contribution < 1.29 is 13.9 Å². The number of Topliss-reactive ketones (excluding diaryl/α,β-unsaturated/α-hetero) is 1. The Bertz CT molecular complexity index is 414. The van der Waals surface area contributed by atoms with Crippen LogP contribution in [-0.2, 0) is 16.0 Å². The monoisotopic (exact) mass is 300 g/mol. The van der Waals surface area contributed by atoms with Gasteiger partial charge in [-0.05, 0) is 30.5 Å². The van der Waals surface area contributed by atoms with E-state index in [4.69, 9.17) is 4.74 Å². The molecule has 0 aliphatic carbocycles. The van der Waals surface area contributed by atoms with Crippen LogP contribution in [0.3, 0.4) is 0 Å². The molecule has 4 heteroatoms. The lowest BCUT2D eigenvalue weighted by Crippen LogP contribution is -2.14. The molecule has 1 unspecified atom stereocenters. The highest BCUT2D eigenvalue weighted by Crippen LogP contribution is 2.19. The van der Waals surface area contributed by atoms with Gasteiger partial charge in [0, 0.05) is 23.9 Å². The molecular weight excluding hydrogens is 287 g/mol. The van der Waals surface area contributed by atoms with E-state index in [0.29, 0.717) is 16.5 Å². The Morgan fingerprint density at radius 1 is 1.53 bits per heavy atom. The molecule has 0 spiro atoms. The van der Waals surface area contributed by atoms with Gasteiger partial charge in [-0.3, -0.25) is 4.79 Å². The summed E-state index contributed by atoms with van der Waals surface area (Å²) in [6.45, 7) is 0.741. The second-order valence-electron chi connectivity index (χ2n) is 4.29. The quantitative estimate of drug-likeness (QED) is 0.853. The normalized spacial score (nSPS) is 19.5. The molecule has 0 amide bonds. The van der Waals surface area contributed by atoms with Crippen molar-refractivity contribution in [2.75, 3.05) is 6.61 Å². The molecule has 0 aromatic heterocycles. The molecular formula is C13H14BrFO2. The Kier molecular flexibility index (Phi) is 4.29. The number of carbonyl (C=O) groups excluding carboxylic acids is 1. The number of ketones is 1. The fraction of sp³-hybridized carbons (Fsp3) is 0.462. The maximum absolute atomic E-state index is 13.5. The maximum Gasteiger partial charge on any atom is 0.139 e. The fourth-order valence-electron chi connectivity index (χ4n) is 2.01. The van der Waals surface area contributed by atoms with Gasteiger partial charge in [-0.15, -0.1) is 0 Å². The first-order valence-electron chi connectivity index (χ1n) is 5.72. The second kappa shape index (κ2) is 5.74. The van der Waals surface area contributed by atoms with E-state index in [0.717, 1.165) is 19.4 Å². The first-order chi connectivity index (χ1) is 8.15. The maximum atomic E-state index is 13.5. The van der Waals surface area contributed by atoms with Gasteiger partial charge in [0.15, 0.2) is 0 Å². The van der Waals surface area contributed by atoms with E-state index >= 15 is 0 Å². The Balaban J connectivity index is 1.93. The van der Waals surface area contributed by atoms with Crippen molar-refractivity contribution in [1.29, 1.82) is 0 Å². The lowest BCUT2D eigenvalue weighted by atomic mass is 10.0. The van der Waals surface area contributed by atoms with Gasteiger partial charge in [0.05, 0.1) is 6.10 Å². The molecule has 92 valence electrons. The Labute approximate surface area is 108 Å².